The van der Waals surface area contributed by atoms with E-state index in [4.69, 9.17) is 11.6 Å². The van der Waals surface area contributed by atoms with Gasteiger partial charge >= 0.3 is 0 Å². The molecule has 0 bridgehead atoms. The first kappa shape index (κ1) is 15.4. The fourth-order valence-electron chi connectivity index (χ4n) is 2.62. The standard InChI is InChI=1S/C17H22ClNO/c1-2-17(14-20)9-12-19(13-10-17)11-5-7-15-6-3-4-8-16(15)18/h3-4,6,8,20H,2,9-14H2,1H3. The normalized spacial score (nSPS) is 18.4. The van der Waals surface area contributed by atoms with E-state index < -0.39 is 0 Å². The summed E-state index contributed by atoms with van der Waals surface area (Å²) in [4.78, 5) is 2.35. The van der Waals surface area contributed by atoms with Crippen LogP contribution in [0.3, 0.4) is 0 Å². The van der Waals surface area contributed by atoms with E-state index in [0.717, 1.165) is 44.5 Å². The lowest BCUT2D eigenvalue weighted by Gasteiger charge is -2.39. The molecule has 1 heterocycles. The summed E-state index contributed by atoms with van der Waals surface area (Å²) in [6, 6.07) is 7.67. The van der Waals surface area contributed by atoms with Crippen LogP contribution in [0.1, 0.15) is 31.7 Å². The van der Waals surface area contributed by atoms with Crippen LogP contribution in [0.15, 0.2) is 24.3 Å². The molecule has 1 aromatic carbocycles. The van der Waals surface area contributed by atoms with E-state index in [1.54, 1.807) is 0 Å². The van der Waals surface area contributed by atoms with Crippen LogP contribution >= 0.6 is 11.6 Å². The molecule has 0 spiro atoms. The molecule has 0 atom stereocenters. The van der Waals surface area contributed by atoms with Gasteiger partial charge in [0, 0.05) is 12.2 Å². The average molecular weight is 292 g/mol. The van der Waals surface area contributed by atoms with Gasteiger partial charge in [0.2, 0.25) is 0 Å². The molecule has 2 rings (SSSR count). The van der Waals surface area contributed by atoms with Crippen LogP contribution in [0, 0.1) is 17.3 Å². The molecule has 0 amide bonds. The van der Waals surface area contributed by atoms with Gasteiger partial charge < -0.3 is 5.11 Å². The molecule has 0 unspecified atom stereocenters. The molecule has 0 aromatic heterocycles. The molecule has 108 valence electrons. The van der Waals surface area contributed by atoms with Crippen LogP contribution in [0.25, 0.3) is 0 Å². The van der Waals surface area contributed by atoms with Crippen LogP contribution in [0.4, 0.5) is 0 Å². The lowest BCUT2D eigenvalue weighted by molar-refractivity contribution is 0.0457. The van der Waals surface area contributed by atoms with Crippen molar-refractivity contribution in [2.24, 2.45) is 5.41 Å². The van der Waals surface area contributed by atoms with E-state index in [0.29, 0.717) is 11.6 Å². The van der Waals surface area contributed by atoms with Gasteiger partial charge in [-0.15, -0.1) is 0 Å². The maximum atomic E-state index is 9.52. The Balaban J connectivity index is 1.87. The lowest BCUT2D eigenvalue weighted by atomic mass is 9.77. The van der Waals surface area contributed by atoms with E-state index >= 15 is 0 Å². The van der Waals surface area contributed by atoms with Crippen molar-refractivity contribution < 1.29 is 5.11 Å². The fourth-order valence-corrected chi connectivity index (χ4v) is 2.80. The summed E-state index contributed by atoms with van der Waals surface area (Å²) in [6.45, 7) is 5.29. The Hall–Kier alpha value is -1.01. The minimum Gasteiger partial charge on any atom is -0.396 e. The number of halogens is 1. The van der Waals surface area contributed by atoms with E-state index in [1.165, 1.54) is 0 Å². The number of benzene rings is 1. The second-order valence-corrected chi connectivity index (χ2v) is 5.98. The zero-order valence-electron chi connectivity index (χ0n) is 12.0. The Morgan fingerprint density at radius 2 is 2.00 bits per heavy atom. The number of likely N-dealkylation sites (tertiary alicyclic amines) is 1. The molecule has 1 aliphatic rings. The largest absolute Gasteiger partial charge is 0.396 e. The van der Waals surface area contributed by atoms with E-state index in [2.05, 4.69) is 23.7 Å². The number of nitrogens with zero attached hydrogens (tertiary/aromatic N) is 1. The Kier molecular flexibility index (Phi) is 5.48. The third-order valence-electron chi connectivity index (χ3n) is 4.40. The highest BCUT2D eigenvalue weighted by Gasteiger charge is 2.31. The van der Waals surface area contributed by atoms with Gasteiger partial charge in [-0.25, -0.2) is 0 Å². The average Bonchev–Trinajstić information content (AvgIpc) is 2.50. The zero-order valence-corrected chi connectivity index (χ0v) is 12.8. The quantitative estimate of drug-likeness (QED) is 0.865. The molecule has 0 saturated carbocycles. The molecular weight excluding hydrogens is 270 g/mol. The van der Waals surface area contributed by atoms with Crippen molar-refractivity contribution in [3.05, 3.63) is 34.9 Å². The summed E-state index contributed by atoms with van der Waals surface area (Å²) in [6.07, 6.45) is 3.18. The number of aliphatic hydroxyl groups excluding tert-OH is 1. The highest BCUT2D eigenvalue weighted by atomic mass is 35.5. The Bertz CT molecular complexity index is 489. The number of hydrogen-bond acceptors (Lipinski definition) is 2. The van der Waals surface area contributed by atoms with E-state index in [9.17, 15) is 5.11 Å². The maximum Gasteiger partial charge on any atom is 0.0605 e. The number of rotatable bonds is 3. The van der Waals surface area contributed by atoms with Crippen LogP contribution in [-0.4, -0.2) is 36.2 Å². The predicted molar refractivity (Wildman–Crippen MR) is 83.8 cm³/mol. The topological polar surface area (TPSA) is 23.5 Å². The van der Waals surface area contributed by atoms with Crippen molar-refractivity contribution >= 4 is 11.6 Å². The molecule has 1 saturated heterocycles. The molecule has 0 aliphatic carbocycles. The van der Waals surface area contributed by atoms with E-state index in [1.807, 2.05) is 24.3 Å². The molecule has 1 aliphatic heterocycles. The van der Waals surface area contributed by atoms with Gasteiger partial charge in [-0.3, -0.25) is 4.90 Å². The van der Waals surface area contributed by atoms with Crippen molar-refractivity contribution in [2.75, 3.05) is 26.2 Å². The van der Waals surface area contributed by atoms with Gasteiger partial charge in [0.15, 0.2) is 0 Å². The fraction of sp³-hybridized carbons (Fsp3) is 0.529. The molecule has 3 heteroatoms. The van der Waals surface area contributed by atoms with Crippen LogP contribution in [-0.2, 0) is 0 Å². The maximum absolute atomic E-state index is 9.52. The molecule has 1 fully saturated rings. The first-order valence-corrected chi connectivity index (χ1v) is 7.63. The van der Waals surface area contributed by atoms with Crippen molar-refractivity contribution in [2.45, 2.75) is 26.2 Å². The van der Waals surface area contributed by atoms with Crippen molar-refractivity contribution in [1.29, 1.82) is 0 Å². The molecule has 1 aromatic rings. The summed E-state index contributed by atoms with van der Waals surface area (Å²) >= 11 is 6.08. The summed E-state index contributed by atoms with van der Waals surface area (Å²) < 4.78 is 0. The molecule has 0 radical (unpaired) electrons. The highest BCUT2D eigenvalue weighted by Crippen LogP contribution is 2.33. The van der Waals surface area contributed by atoms with Crippen molar-refractivity contribution in [3.63, 3.8) is 0 Å². The SMILES string of the molecule is CCC1(CO)CCN(CC#Cc2ccccc2Cl)CC1. The molecule has 2 nitrogen and oxygen atoms in total. The van der Waals surface area contributed by atoms with Gasteiger partial charge in [-0.1, -0.05) is 42.5 Å². The van der Waals surface area contributed by atoms with Gasteiger partial charge in [0.05, 0.1) is 11.6 Å². The summed E-state index contributed by atoms with van der Waals surface area (Å²) in [5.74, 6) is 6.34. The minimum absolute atomic E-state index is 0.146. The second kappa shape index (κ2) is 7.13. The Morgan fingerprint density at radius 3 is 2.60 bits per heavy atom. The first-order chi connectivity index (χ1) is 9.69. The summed E-state index contributed by atoms with van der Waals surface area (Å²) in [5.41, 5.74) is 1.04. The molecule has 1 N–H and O–H groups in total. The van der Waals surface area contributed by atoms with Crippen LogP contribution < -0.4 is 0 Å². The number of hydrogen-bond donors (Lipinski definition) is 1. The van der Waals surface area contributed by atoms with Crippen molar-refractivity contribution in [1.82, 2.24) is 4.90 Å². The zero-order chi connectivity index (χ0) is 14.4. The van der Waals surface area contributed by atoms with Gasteiger partial charge in [0.25, 0.3) is 0 Å². The lowest BCUT2D eigenvalue weighted by Crippen LogP contribution is -2.41. The first-order valence-electron chi connectivity index (χ1n) is 7.26. The van der Waals surface area contributed by atoms with E-state index in [-0.39, 0.29) is 5.41 Å². The number of piperidine rings is 1. The van der Waals surface area contributed by atoms with Crippen molar-refractivity contribution in [3.8, 4) is 11.8 Å². The Morgan fingerprint density at radius 1 is 1.30 bits per heavy atom. The van der Waals surface area contributed by atoms with Gasteiger partial charge in [-0.05, 0) is 49.9 Å². The number of aliphatic hydroxyl groups is 1. The second-order valence-electron chi connectivity index (χ2n) is 5.57. The molecular formula is C17H22ClNO. The summed E-state index contributed by atoms with van der Waals surface area (Å²) in [5, 5.41) is 10.2. The third kappa shape index (κ3) is 3.76. The minimum atomic E-state index is 0.146. The van der Waals surface area contributed by atoms with Gasteiger partial charge in [0.1, 0.15) is 0 Å². The highest BCUT2D eigenvalue weighted by molar-refractivity contribution is 6.31. The van der Waals surface area contributed by atoms with Crippen LogP contribution in [0.5, 0.6) is 0 Å². The summed E-state index contributed by atoms with van der Waals surface area (Å²) in [7, 11) is 0. The predicted octanol–water partition coefficient (Wildman–Crippen LogP) is 3.18. The monoisotopic (exact) mass is 291 g/mol. The van der Waals surface area contributed by atoms with Gasteiger partial charge in [-0.2, -0.15) is 0 Å². The molecule has 20 heavy (non-hydrogen) atoms. The Labute approximate surface area is 126 Å². The third-order valence-corrected chi connectivity index (χ3v) is 4.73. The van der Waals surface area contributed by atoms with Crippen LogP contribution in [0.2, 0.25) is 5.02 Å². The smallest absolute Gasteiger partial charge is 0.0605 e.